The van der Waals surface area contributed by atoms with Crippen LogP contribution in [0, 0.1) is 0 Å². The van der Waals surface area contributed by atoms with Crippen LogP contribution in [0.2, 0.25) is 0 Å². The Morgan fingerprint density at radius 1 is 1.15 bits per heavy atom. The summed E-state index contributed by atoms with van der Waals surface area (Å²) in [7, 11) is 1.44. The molecule has 0 atom stereocenters. The molecule has 0 saturated carbocycles. The van der Waals surface area contributed by atoms with Gasteiger partial charge in [-0.2, -0.15) is 0 Å². The zero-order valence-electron chi connectivity index (χ0n) is 10.9. The van der Waals surface area contributed by atoms with Crippen LogP contribution < -0.4 is 4.74 Å². The molecule has 0 N–H and O–H groups in total. The van der Waals surface area contributed by atoms with E-state index in [2.05, 4.69) is 4.98 Å². The zero-order valence-corrected chi connectivity index (χ0v) is 10.9. The Bertz CT molecular complexity index is 683. The molecule has 3 rings (SSSR count). The SMILES string of the molecule is CN1C(=O)c2cc(OCc3ccccc3)cnc2C1=O. The number of hydrogen-bond acceptors (Lipinski definition) is 4. The van der Waals surface area contributed by atoms with Gasteiger partial charge in [-0.25, -0.2) is 4.98 Å². The lowest BCUT2D eigenvalue weighted by Crippen LogP contribution is -2.24. The number of ether oxygens (including phenoxy) is 1. The zero-order chi connectivity index (χ0) is 14.1. The molecule has 1 aliphatic heterocycles. The minimum absolute atomic E-state index is 0.185. The number of benzene rings is 1. The van der Waals surface area contributed by atoms with Gasteiger partial charge in [0, 0.05) is 7.05 Å². The van der Waals surface area contributed by atoms with Crippen molar-refractivity contribution in [3.8, 4) is 5.75 Å². The molecule has 0 unspecified atom stereocenters. The molecule has 0 bridgehead atoms. The van der Waals surface area contributed by atoms with Crippen molar-refractivity contribution in [1.82, 2.24) is 9.88 Å². The van der Waals surface area contributed by atoms with Gasteiger partial charge in [-0.15, -0.1) is 0 Å². The number of aromatic nitrogens is 1. The molecule has 0 saturated heterocycles. The Hall–Kier alpha value is -2.69. The van der Waals surface area contributed by atoms with Crippen molar-refractivity contribution in [1.29, 1.82) is 0 Å². The largest absolute Gasteiger partial charge is 0.487 e. The quantitative estimate of drug-likeness (QED) is 0.797. The second-order valence-corrected chi connectivity index (χ2v) is 4.51. The highest BCUT2D eigenvalue weighted by molar-refractivity contribution is 6.20. The van der Waals surface area contributed by atoms with E-state index in [4.69, 9.17) is 4.74 Å². The Labute approximate surface area is 115 Å². The predicted octanol–water partition coefficient (Wildman–Crippen LogP) is 1.89. The highest BCUT2D eigenvalue weighted by Crippen LogP contribution is 2.23. The van der Waals surface area contributed by atoms with Crippen LogP contribution >= 0.6 is 0 Å². The van der Waals surface area contributed by atoms with Crippen LogP contribution in [0.3, 0.4) is 0 Å². The van der Waals surface area contributed by atoms with Crippen molar-refractivity contribution in [3.05, 3.63) is 59.4 Å². The molecule has 20 heavy (non-hydrogen) atoms. The fourth-order valence-corrected chi connectivity index (χ4v) is 2.03. The molecule has 2 aromatic rings. The third kappa shape index (κ3) is 2.03. The number of pyridine rings is 1. The Morgan fingerprint density at radius 2 is 1.90 bits per heavy atom. The number of carbonyl (C=O) groups excluding carboxylic acids is 2. The summed E-state index contributed by atoms with van der Waals surface area (Å²) in [6, 6.07) is 11.2. The first-order valence-electron chi connectivity index (χ1n) is 6.16. The molecule has 0 aliphatic carbocycles. The maximum absolute atomic E-state index is 11.8. The molecule has 2 amide bonds. The van der Waals surface area contributed by atoms with E-state index in [0.717, 1.165) is 10.5 Å². The van der Waals surface area contributed by atoms with Gasteiger partial charge >= 0.3 is 0 Å². The van der Waals surface area contributed by atoms with Crippen LogP contribution in [0.1, 0.15) is 26.4 Å². The van der Waals surface area contributed by atoms with Crippen LogP contribution in [0.15, 0.2) is 42.6 Å². The van der Waals surface area contributed by atoms with E-state index in [0.29, 0.717) is 17.9 Å². The van der Waals surface area contributed by atoms with E-state index in [1.54, 1.807) is 6.07 Å². The number of imide groups is 1. The van der Waals surface area contributed by atoms with Crippen molar-refractivity contribution in [2.45, 2.75) is 6.61 Å². The normalized spacial score (nSPS) is 13.6. The number of amides is 2. The average molecular weight is 268 g/mol. The van der Waals surface area contributed by atoms with Crippen LogP contribution in [-0.4, -0.2) is 28.7 Å². The third-order valence-electron chi connectivity index (χ3n) is 3.15. The minimum atomic E-state index is -0.375. The molecule has 1 aromatic heterocycles. The minimum Gasteiger partial charge on any atom is -0.487 e. The monoisotopic (exact) mass is 268 g/mol. The van der Waals surface area contributed by atoms with E-state index in [9.17, 15) is 9.59 Å². The molecule has 1 aliphatic rings. The molecule has 0 radical (unpaired) electrons. The molecule has 2 heterocycles. The van der Waals surface area contributed by atoms with Gasteiger partial charge < -0.3 is 4.74 Å². The standard InChI is InChI=1S/C15H12N2O3/c1-17-14(18)12-7-11(8-16-13(12)15(17)19)20-9-10-5-3-2-4-6-10/h2-8H,9H2,1H3. The molecular formula is C15H12N2O3. The highest BCUT2D eigenvalue weighted by Gasteiger charge is 2.34. The number of hydrogen-bond donors (Lipinski definition) is 0. The van der Waals surface area contributed by atoms with E-state index in [-0.39, 0.29) is 17.5 Å². The smallest absolute Gasteiger partial charge is 0.279 e. The first-order chi connectivity index (χ1) is 9.66. The third-order valence-corrected chi connectivity index (χ3v) is 3.15. The molecule has 5 heteroatoms. The van der Waals surface area contributed by atoms with Gasteiger partial charge in [0.15, 0.2) is 0 Å². The van der Waals surface area contributed by atoms with E-state index in [1.165, 1.54) is 13.2 Å². The molecule has 1 aromatic carbocycles. The van der Waals surface area contributed by atoms with Crippen LogP contribution in [0.5, 0.6) is 5.75 Å². The number of rotatable bonds is 3. The first kappa shape index (κ1) is 12.3. The summed E-state index contributed by atoms with van der Waals surface area (Å²) in [5.41, 5.74) is 1.50. The van der Waals surface area contributed by atoms with Gasteiger partial charge in [0.25, 0.3) is 11.8 Å². The fraction of sp³-hybridized carbons (Fsp3) is 0.133. The lowest BCUT2D eigenvalue weighted by Gasteiger charge is -2.06. The lowest BCUT2D eigenvalue weighted by molar-refractivity contribution is 0.0691. The van der Waals surface area contributed by atoms with Gasteiger partial charge in [-0.1, -0.05) is 30.3 Å². The maximum Gasteiger partial charge on any atom is 0.279 e. The molecule has 0 fully saturated rings. The van der Waals surface area contributed by atoms with Gasteiger partial charge in [-0.3, -0.25) is 14.5 Å². The average Bonchev–Trinajstić information content (AvgIpc) is 2.71. The van der Waals surface area contributed by atoms with Gasteiger partial charge in [0.1, 0.15) is 18.1 Å². The van der Waals surface area contributed by atoms with Crippen molar-refractivity contribution in [2.75, 3.05) is 7.05 Å². The summed E-state index contributed by atoms with van der Waals surface area (Å²) >= 11 is 0. The predicted molar refractivity (Wildman–Crippen MR) is 71.4 cm³/mol. The summed E-state index contributed by atoms with van der Waals surface area (Å²) in [5.74, 6) is -0.244. The Kier molecular flexibility index (Phi) is 2.95. The molecule has 0 spiro atoms. The fourth-order valence-electron chi connectivity index (χ4n) is 2.03. The second-order valence-electron chi connectivity index (χ2n) is 4.51. The number of carbonyl (C=O) groups is 2. The van der Waals surface area contributed by atoms with E-state index < -0.39 is 0 Å². The molecule has 100 valence electrons. The van der Waals surface area contributed by atoms with Crippen LogP contribution in [0.25, 0.3) is 0 Å². The Morgan fingerprint density at radius 3 is 2.65 bits per heavy atom. The number of fused-ring (bicyclic) bond motifs is 1. The molecule has 5 nitrogen and oxygen atoms in total. The van der Waals surface area contributed by atoms with Gasteiger partial charge in [0.05, 0.1) is 11.8 Å². The number of nitrogens with zero attached hydrogens (tertiary/aromatic N) is 2. The van der Waals surface area contributed by atoms with Crippen molar-refractivity contribution >= 4 is 11.8 Å². The molecular weight excluding hydrogens is 256 g/mol. The van der Waals surface area contributed by atoms with Crippen LogP contribution in [0.4, 0.5) is 0 Å². The maximum atomic E-state index is 11.8. The van der Waals surface area contributed by atoms with Crippen molar-refractivity contribution < 1.29 is 14.3 Å². The highest BCUT2D eigenvalue weighted by atomic mass is 16.5. The summed E-state index contributed by atoms with van der Waals surface area (Å²) in [5, 5.41) is 0. The van der Waals surface area contributed by atoms with Crippen molar-refractivity contribution in [2.24, 2.45) is 0 Å². The topological polar surface area (TPSA) is 59.5 Å². The summed E-state index contributed by atoms with van der Waals surface area (Å²) < 4.78 is 5.59. The summed E-state index contributed by atoms with van der Waals surface area (Å²) in [6.07, 6.45) is 1.46. The summed E-state index contributed by atoms with van der Waals surface area (Å²) in [6.45, 7) is 0.388. The van der Waals surface area contributed by atoms with E-state index >= 15 is 0 Å². The lowest BCUT2D eigenvalue weighted by atomic mass is 10.2. The van der Waals surface area contributed by atoms with Gasteiger partial charge in [0.2, 0.25) is 0 Å². The van der Waals surface area contributed by atoms with Crippen molar-refractivity contribution in [3.63, 3.8) is 0 Å². The van der Waals surface area contributed by atoms with E-state index in [1.807, 2.05) is 30.3 Å². The van der Waals surface area contributed by atoms with Crippen LogP contribution in [-0.2, 0) is 6.61 Å². The first-order valence-corrected chi connectivity index (χ1v) is 6.16. The summed E-state index contributed by atoms with van der Waals surface area (Å²) in [4.78, 5) is 28.6. The Balaban J connectivity index is 1.80. The second kappa shape index (κ2) is 4.77. The van der Waals surface area contributed by atoms with Gasteiger partial charge in [-0.05, 0) is 11.6 Å².